The molecule has 0 atom stereocenters. The van der Waals surface area contributed by atoms with Crippen LogP contribution in [0.25, 0.3) is 10.6 Å². The van der Waals surface area contributed by atoms with Gasteiger partial charge in [-0.05, 0) is 36.4 Å². The summed E-state index contributed by atoms with van der Waals surface area (Å²) in [5, 5.41) is 7.96. The number of aromatic nitrogens is 1. The lowest BCUT2D eigenvalue weighted by Crippen LogP contribution is -2.17. The van der Waals surface area contributed by atoms with Crippen molar-refractivity contribution in [3.05, 3.63) is 52.5 Å². The first-order chi connectivity index (χ1) is 13.0. The lowest BCUT2D eigenvalue weighted by atomic mass is 10.3. The molecule has 0 fully saturated rings. The normalized spacial score (nSPS) is 10.6. The fraction of sp³-hybridized carbons (Fsp3) is 0.167. The third-order valence-corrected chi connectivity index (χ3v) is 6.24. The number of hydrogen-bond acceptors (Lipinski definition) is 6. The molecule has 140 valence electrons. The number of rotatable bonds is 7. The van der Waals surface area contributed by atoms with Gasteiger partial charge in [-0.2, -0.15) is 0 Å². The molecule has 3 rings (SSSR count). The summed E-state index contributed by atoms with van der Waals surface area (Å²) in [7, 11) is 0. The van der Waals surface area contributed by atoms with E-state index in [0.29, 0.717) is 11.7 Å². The van der Waals surface area contributed by atoms with Crippen molar-refractivity contribution >= 4 is 51.4 Å². The summed E-state index contributed by atoms with van der Waals surface area (Å²) in [6.45, 7) is 1.98. The minimum absolute atomic E-state index is 0.0675. The van der Waals surface area contributed by atoms with E-state index in [4.69, 9.17) is 0 Å². The van der Waals surface area contributed by atoms with Gasteiger partial charge in [-0.1, -0.05) is 0 Å². The number of thiophene rings is 1. The molecule has 0 radical (unpaired) electrons. The number of halogens is 1. The smallest absolute Gasteiger partial charge is 0.236 e. The molecule has 0 bridgehead atoms. The van der Waals surface area contributed by atoms with Crippen LogP contribution in [0.4, 0.5) is 9.52 Å². The number of carbonyl (C=O) groups excluding carboxylic acids is 2. The number of anilines is 1. The largest absolute Gasteiger partial charge is 0.351 e. The van der Waals surface area contributed by atoms with Crippen LogP contribution in [-0.2, 0) is 16.1 Å². The molecule has 0 aliphatic carbocycles. The molecule has 0 aliphatic heterocycles. The summed E-state index contributed by atoms with van der Waals surface area (Å²) in [4.78, 5) is 30.4. The van der Waals surface area contributed by atoms with Gasteiger partial charge in [0.15, 0.2) is 5.13 Å². The first-order valence-electron chi connectivity index (χ1n) is 7.97. The number of benzene rings is 1. The van der Waals surface area contributed by atoms with Gasteiger partial charge in [0.1, 0.15) is 5.82 Å². The maximum Gasteiger partial charge on any atom is 0.236 e. The Hall–Kier alpha value is -2.23. The zero-order valence-corrected chi connectivity index (χ0v) is 16.8. The molecule has 1 aromatic carbocycles. The topological polar surface area (TPSA) is 71.1 Å². The van der Waals surface area contributed by atoms with Crippen molar-refractivity contribution in [2.24, 2.45) is 0 Å². The highest BCUT2D eigenvalue weighted by atomic mass is 32.2. The highest BCUT2D eigenvalue weighted by Gasteiger charge is 2.11. The van der Waals surface area contributed by atoms with Crippen LogP contribution in [0.1, 0.15) is 11.8 Å². The average Bonchev–Trinajstić information content (AvgIpc) is 3.28. The van der Waals surface area contributed by atoms with E-state index in [1.807, 2.05) is 17.5 Å². The van der Waals surface area contributed by atoms with E-state index in [1.54, 1.807) is 23.5 Å². The van der Waals surface area contributed by atoms with Gasteiger partial charge in [0.25, 0.3) is 0 Å². The monoisotopic (exact) mass is 421 g/mol. The summed E-state index contributed by atoms with van der Waals surface area (Å²) in [6, 6.07) is 9.93. The number of nitrogens with zero attached hydrogens (tertiary/aromatic N) is 1. The molecule has 0 aliphatic rings. The van der Waals surface area contributed by atoms with Crippen molar-refractivity contribution in [1.29, 1.82) is 0 Å². The summed E-state index contributed by atoms with van der Waals surface area (Å²) in [6.07, 6.45) is 0. The predicted octanol–water partition coefficient (Wildman–Crippen LogP) is 4.38. The standard InChI is InChI=1S/C18H16FN3O2S3/c1-11(23)20-8-14-6-7-16(27-14)15-9-26-18(21-15)22-17(24)10-25-13-4-2-12(19)3-5-13/h2-7,9H,8,10H2,1H3,(H,20,23)(H,21,22,24). The summed E-state index contributed by atoms with van der Waals surface area (Å²) in [5.74, 6) is -0.307. The Kier molecular flexibility index (Phi) is 6.59. The van der Waals surface area contributed by atoms with E-state index in [2.05, 4.69) is 15.6 Å². The van der Waals surface area contributed by atoms with E-state index in [9.17, 15) is 14.0 Å². The minimum atomic E-state index is -0.298. The first-order valence-corrected chi connectivity index (χ1v) is 10.6. The van der Waals surface area contributed by atoms with E-state index in [-0.39, 0.29) is 23.4 Å². The lowest BCUT2D eigenvalue weighted by molar-refractivity contribution is -0.119. The molecular formula is C18H16FN3O2S3. The second-order valence-corrected chi connectivity index (χ2v) is 8.58. The Bertz CT molecular complexity index is 937. The number of thioether (sulfide) groups is 1. The molecule has 0 unspecified atom stereocenters. The molecule has 2 amide bonds. The second kappa shape index (κ2) is 9.12. The van der Waals surface area contributed by atoms with Gasteiger partial charge in [-0.25, -0.2) is 9.37 Å². The number of carbonyl (C=O) groups is 2. The van der Waals surface area contributed by atoms with Crippen LogP contribution in [0.3, 0.4) is 0 Å². The SMILES string of the molecule is CC(=O)NCc1ccc(-c2csc(NC(=O)CSc3ccc(F)cc3)n2)s1. The average molecular weight is 422 g/mol. The van der Waals surface area contributed by atoms with Gasteiger partial charge in [-0.3, -0.25) is 9.59 Å². The molecule has 3 aromatic rings. The summed E-state index contributed by atoms with van der Waals surface area (Å²) >= 11 is 4.25. The molecule has 0 saturated heterocycles. The van der Waals surface area contributed by atoms with Gasteiger partial charge in [-0.15, -0.1) is 34.4 Å². The summed E-state index contributed by atoms with van der Waals surface area (Å²) < 4.78 is 12.9. The third-order valence-electron chi connectivity index (χ3n) is 3.36. The number of thiazole rings is 1. The third kappa shape index (κ3) is 5.88. The van der Waals surface area contributed by atoms with Crippen molar-refractivity contribution in [2.45, 2.75) is 18.4 Å². The van der Waals surface area contributed by atoms with E-state index in [0.717, 1.165) is 20.3 Å². The van der Waals surface area contributed by atoms with Crippen molar-refractivity contribution in [3.63, 3.8) is 0 Å². The van der Waals surface area contributed by atoms with Gasteiger partial charge in [0, 0.05) is 22.1 Å². The van der Waals surface area contributed by atoms with Crippen LogP contribution in [-0.4, -0.2) is 22.6 Å². The van der Waals surface area contributed by atoms with E-state index >= 15 is 0 Å². The predicted molar refractivity (Wildman–Crippen MR) is 109 cm³/mol. The molecule has 2 N–H and O–H groups in total. The van der Waals surface area contributed by atoms with Crippen molar-refractivity contribution in [1.82, 2.24) is 10.3 Å². The van der Waals surface area contributed by atoms with Crippen LogP contribution in [0, 0.1) is 5.82 Å². The quantitative estimate of drug-likeness (QED) is 0.556. The van der Waals surface area contributed by atoms with Crippen LogP contribution in [0.5, 0.6) is 0 Å². The van der Waals surface area contributed by atoms with Gasteiger partial charge in [0.2, 0.25) is 11.8 Å². The Balaban J connectivity index is 1.53. The Labute approximate surface area is 168 Å². The first kappa shape index (κ1) is 19.5. The van der Waals surface area contributed by atoms with Crippen LogP contribution < -0.4 is 10.6 Å². The van der Waals surface area contributed by atoms with Gasteiger partial charge in [0.05, 0.1) is 22.9 Å². The highest BCUT2D eigenvalue weighted by Crippen LogP contribution is 2.31. The van der Waals surface area contributed by atoms with Crippen LogP contribution in [0.2, 0.25) is 0 Å². The van der Waals surface area contributed by atoms with Crippen molar-refractivity contribution < 1.29 is 14.0 Å². The Morgan fingerprint density at radius 1 is 1.19 bits per heavy atom. The molecule has 2 aromatic heterocycles. The molecule has 5 nitrogen and oxygen atoms in total. The Morgan fingerprint density at radius 2 is 1.96 bits per heavy atom. The van der Waals surface area contributed by atoms with E-state index in [1.165, 1.54) is 42.2 Å². The van der Waals surface area contributed by atoms with Crippen LogP contribution in [0.15, 0.2) is 46.7 Å². The summed E-state index contributed by atoms with van der Waals surface area (Å²) in [5.41, 5.74) is 0.792. The maximum absolute atomic E-state index is 12.9. The van der Waals surface area contributed by atoms with Crippen molar-refractivity contribution in [3.8, 4) is 10.6 Å². The zero-order chi connectivity index (χ0) is 19.2. The molecule has 27 heavy (non-hydrogen) atoms. The number of hydrogen-bond donors (Lipinski definition) is 2. The zero-order valence-electron chi connectivity index (χ0n) is 14.3. The Morgan fingerprint density at radius 3 is 2.70 bits per heavy atom. The fourth-order valence-electron chi connectivity index (χ4n) is 2.10. The van der Waals surface area contributed by atoms with Gasteiger partial charge >= 0.3 is 0 Å². The molecule has 2 heterocycles. The molecule has 0 saturated carbocycles. The maximum atomic E-state index is 12.9. The van der Waals surface area contributed by atoms with E-state index < -0.39 is 0 Å². The molecule has 9 heteroatoms. The van der Waals surface area contributed by atoms with Gasteiger partial charge < -0.3 is 10.6 Å². The van der Waals surface area contributed by atoms with Crippen LogP contribution >= 0.6 is 34.4 Å². The second-order valence-electron chi connectivity index (χ2n) is 5.50. The number of amides is 2. The molecular weight excluding hydrogens is 405 g/mol. The molecule has 0 spiro atoms. The minimum Gasteiger partial charge on any atom is -0.351 e. The van der Waals surface area contributed by atoms with Crippen molar-refractivity contribution in [2.75, 3.05) is 11.1 Å². The number of nitrogens with one attached hydrogen (secondary N) is 2. The fourth-order valence-corrected chi connectivity index (χ4v) is 4.51. The highest BCUT2D eigenvalue weighted by molar-refractivity contribution is 8.00. The lowest BCUT2D eigenvalue weighted by Gasteiger charge is -2.02.